The molecule has 1 radical (unpaired) electrons. The molecular weight excluding hydrogens is 472 g/mol. The summed E-state index contributed by atoms with van der Waals surface area (Å²) < 4.78 is 11.8. The molecule has 2 aliphatic rings. The molecule has 0 unspecified atom stereocenters. The molecule has 0 bridgehead atoms. The number of carbonyl (C=O) groups is 3. The van der Waals surface area contributed by atoms with Crippen molar-refractivity contribution < 1.29 is 23.5 Å². The van der Waals surface area contributed by atoms with Gasteiger partial charge in [-0.2, -0.15) is 0 Å². The van der Waals surface area contributed by atoms with Crippen LogP contribution in [0.1, 0.15) is 47.9 Å². The number of benzene rings is 1. The molecule has 1 saturated heterocycles. The van der Waals surface area contributed by atoms with Crippen molar-refractivity contribution in [2.75, 3.05) is 19.7 Å². The normalized spacial score (nSPS) is 23.0. The predicted molar refractivity (Wildman–Crippen MR) is 133 cm³/mol. The third kappa shape index (κ3) is 4.99. The maximum absolute atomic E-state index is 13.1. The van der Waals surface area contributed by atoms with Crippen LogP contribution in [0.25, 0.3) is 0 Å². The van der Waals surface area contributed by atoms with Crippen molar-refractivity contribution in [1.29, 1.82) is 0 Å². The summed E-state index contributed by atoms with van der Waals surface area (Å²) >= 11 is 6.89. The zero-order valence-corrected chi connectivity index (χ0v) is 22.1. The lowest BCUT2D eigenvalue weighted by atomic mass is 9.79. The molecule has 1 fully saturated rings. The number of rotatable bonds is 7. The largest absolute Gasteiger partial charge is 0.445 e. The van der Waals surface area contributed by atoms with Gasteiger partial charge in [0.05, 0.1) is 16.2 Å². The number of amides is 3. The van der Waals surface area contributed by atoms with E-state index in [0.29, 0.717) is 24.1 Å². The van der Waals surface area contributed by atoms with Crippen LogP contribution in [0.15, 0.2) is 48.0 Å². The van der Waals surface area contributed by atoms with Gasteiger partial charge in [0.2, 0.25) is 9.04 Å². The van der Waals surface area contributed by atoms with Crippen molar-refractivity contribution in [3.63, 3.8) is 0 Å². The lowest BCUT2D eigenvalue weighted by Crippen LogP contribution is -2.52. The van der Waals surface area contributed by atoms with Crippen LogP contribution >= 0.6 is 11.6 Å². The summed E-state index contributed by atoms with van der Waals surface area (Å²) in [5.74, 6) is -0.645. The molecule has 3 amide bonds. The fourth-order valence-electron chi connectivity index (χ4n) is 4.33. The molecule has 2 aliphatic heterocycles. The molecule has 9 heteroatoms. The molecule has 0 spiro atoms. The topological polar surface area (TPSA) is 76.2 Å². The number of nitrogens with zero attached hydrogens (tertiary/aromatic N) is 2. The summed E-state index contributed by atoms with van der Waals surface area (Å²) in [6, 6.07) is 6.72. The second-order valence-corrected chi connectivity index (χ2v) is 12.3. The lowest BCUT2D eigenvalue weighted by Gasteiger charge is -2.39. The predicted octanol–water partition coefficient (Wildman–Crippen LogP) is 5.06. The SMILES string of the molecule is C=CCOC(=O)N1C[C@@H](C(C)(C)C)C[C@]1(O[Si](C)C)/C(Cl)=C\CN1C(=O)c2ccccc2C1=O. The fraction of sp³-hybridized carbons (Fsp3) is 0.480. The van der Waals surface area contributed by atoms with E-state index >= 15 is 0 Å². The minimum atomic E-state index is -1.32. The number of carbonyl (C=O) groups excluding carboxylic acids is 3. The summed E-state index contributed by atoms with van der Waals surface area (Å²) in [5, 5.41) is 0.262. The van der Waals surface area contributed by atoms with Crippen molar-refractivity contribution in [3.8, 4) is 0 Å². The van der Waals surface area contributed by atoms with Crippen LogP contribution in [0.2, 0.25) is 13.1 Å². The Bertz CT molecular complexity index is 984. The Labute approximate surface area is 208 Å². The Hall–Kier alpha value is -2.42. The van der Waals surface area contributed by atoms with E-state index in [2.05, 4.69) is 27.4 Å². The highest BCUT2D eigenvalue weighted by Crippen LogP contribution is 2.48. The number of hydrogen-bond donors (Lipinski definition) is 0. The molecule has 0 N–H and O–H groups in total. The summed E-state index contributed by atoms with van der Waals surface area (Å²) in [6.45, 7) is 14.3. The summed E-state index contributed by atoms with van der Waals surface area (Å²) in [4.78, 5) is 41.3. The zero-order valence-electron chi connectivity index (χ0n) is 20.4. The average Bonchev–Trinajstić information content (AvgIpc) is 3.27. The van der Waals surface area contributed by atoms with Gasteiger partial charge in [-0.15, -0.1) is 0 Å². The number of imide groups is 1. The first kappa shape index (κ1) is 26.2. The maximum Gasteiger partial charge on any atom is 0.412 e. The number of halogens is 1. The molecule has 3 rings (SSSR count). The van der Waals surface area contributed by atoms with Crippen LogP contribution in [-0.2, 0) is 9.16 Å². The zero-order chi connectivity index (χ0) is 25.3. The highest BCUT2D eigenvalue weighted by atomic mass is 35.5. The van der Waals surface area contributed by atoms with Gasteiger partial charge in [-0.3, -0.25) is 19.4 Å². The molecule has 1 aromatic rings. The standard InChI is InChI=1S/C25H32ClN2O5Si/c1-7-14-32-23(31)28-16-17(24(2,3)4)15-25(28,33-34(5)6)20(26)12-13-27-21(29)18-10-8-9-11-19(18)22(27)30/h7-12,17H,1,13-16H2,2-6H3/b20-12+/t17-,25-/m0/s1. The molecule has 0 saturated carbocycles. The highest BCUT2D eigenvalue weighted by molar-refractivity contribution is 6.48. The second kappa shape index (κ2) is 10.1. The first-order valence-corrected chi connectivity index (χ1v) is 14.1. The first-order valence-electron chi connectivity index (χ1n) is 11.3. The van der Waals surface area contributed by atoms with E-state index in [-0.39, 0.29) is 41.3 Å². The molecule has 34 heavy (non-hydrogen) atoms. The molecule has 183 valence electrons. The van der Waals surface area contributed by atoms with Gasteiger partial charge in [-0.05, 0) is 42.6 Å². The van der Waals surface area contributed by atoms with E-state index in [1.807, 2.05) is 13.1 Å². The van der Waals surface area contributed by atoms with Crippen molar-refractivity contribution in [2.45, 2.75) is 46.0 Å². The van der Waals surface area contributed by atoms with Crippen LogP contribution in [0, 0.1) is 11.3 Å². The smallest absolute Gasteiger partial charge is 0.412 e. The number of ether oxygens (including phenoxy) is 1. The van der Waals surface area contributed by atoms with Crippen LogP contribution in [0.3, 0.4) is 0 Å². The molecule has 2 heterocycles. The minimum absolute atomic E-state index is 0.0263. The Morgan fingerprint density at radius 3 is 2.32 bits per heavy atom. The number of likely N-dealkylation sites (tertiary alicyclic amines) is 1. The van der Waals surface area contributed by atoms with E-state index in [0.717, 1.165) is 4.90 Å². The van der Waals surface area contributed by atoms with Crippen LogP contribution < -0.4 is 0 Å². The summed E-state index contributed by atoms with van der Waals surface area (Å²) in [5.41, 5.74) is -0.595. The third-order valence-electron chi connectivity index (χ3n) is 6.21. The molecular formula is C25H32ClN2O5Si. The van der Waals surface area contributed by atoms with Crippen LogP contribution in [-0.4, -0.2) is 62.2 Å². The highest BCUT2D eigenvalue weighted by Gasteiger charge is 2.54. The van der Waals surface area contributed by atoms with Gasteiger partial charge >= 0.3 is 6.09 Å². The number of fused-ring (bicyclic) bond motifs is 1. The Morgan fingerprint density at radius 2 is 1.82 bits per heavy atom. The van der Waals surface area contributed by atoms with Crippen molar-refractivity contribution in [2.24, 2.45) is 11.3 Å². The quantitative estimate of drug-likeness (QED) is 0.295. The fourth-order valence-corrected chi connectivity index (χ4v) is 5.66. The summed E-state index contributed by atoms with van der Waals surface area (Å²) in [6.07, 6.45) is 3.05. The molecule has 7 nitrogen and oxygen atoms in total. The Morgan fingerprint density at radius 1 is 1.24 bits per heavy atom. The first-order chi connectivity index (χ1) is 15.9. The third-order valence-corrected chi connectivity index (χ3v) is 7.40. The molecule has 0 aliphatic carbocycles. The van der Waals surface area contributed by atoms with E-state index in [1.54, 1.807) is 35.2 Å². The maximum atomic E-state index is 13.1. The van der Waals surface area contributed by atoms with Gasteiger partial charge in [0, 0.05) is 19.5 Å². The second-order valence-electron chi connectivity index (χ2n) is 9.86. The molecule has 0 aromatic heterocycles. The van der Waals surface area contributed by atoms with Crippen molar-refractivity contribution >= 4 is 38.5 Å². The molecule has 2 atom stereocenters. The van der Waals surface area contributed by atoms with Gasteiger partial charge < -0.3 is 9.16 Å². The lowest BCUT2D eigenvalue weighted by molar-refractivity contribution is -0.0170. The van der Waals surface area contributed by atoms with Crippen LogP contribution in [0.5, 0.6) is 0 Å². The minimum Gasteiger partial charge on any atom is -0.445 e. The van der Waals surface area contributed by atoms with E-state index < -0.39 is 20.9 Å². The average molecular weight is 504 g/mol. The number of hydrogen-bond acceptors (Lipinski definition) is 5. The Kier molecular flexibility index (Phi) is 7.74. The van der Waals surface area contributed by atoms with Gasteiger partial charge in [-0.25, -0.2) is 4.79 Å². The summed E-state index contributed by atoms with van der Waals surface area (Å²) in [7, 11) is -1.32. The van der Waals surface area contributed by atoms with E-state index in [4.69, 9.17) is 20.8 Å². The van der Waals surface area contributed by atoms with Gasteiger partial charge in [0.1, 0.15) is 6.61 Å². The van der Waals surface area contributed by atoms with Crippen LogP contribution in [0.4, 0.5) is 4.79 Å². The van der Waals surface area contributed by atoms with Crippen molar-refractivity contribution in [3.05, 3.63) is 59.2 Å². The monoisotopic (exact) mass is 503 g/mol. The van der Waals surface area contributed by atoms with E-state index in [9.17, 15) is 14.4 Å². The van der Waals surface area contributed by atoms with Gasteiger partial charge in [-0.1, -0.05) is 57.2 Å². The molecule has 1 aromatic carbocycles. The van der Waals surface area contributed by atoms with Gasteiger partial charge in [0.25, 0.3) is 11.8 Å². The van der Waals surface area contributed by atoms with E-state index in [1.165, 1.54) is 6.08 Å². The van der Waals surface area contributed by atoms with Crippen molar-refractivity contribution in [1.82, 2.24) is 9.80 Å². The van der Waals surface area contributed by atoms with Gasteiger partial charge in [0.15, 0.2) is 5.72 Å². The Balaban J connectivity index is 1.96.